The molecule has 0 unspecified atom stereocenters. The summed E-state index contributed by atoms with van der Waals surface area (Å²) >= 11 is 6.34. The molecule has 0 fully saturated rings. The molecular weight excluding hydrogens is 496 g/mol. The Morgan fingerprint density at radius 1 is 0.917 bits per heavy atom. The quantitative estimate of drug-likeness (QED) is 0.248. The molecule has 5 rings (SSSR count). The van der Waals surface area contributed by atoms with Crippen molar-refractivity contribution in [1.29, 1.82) is 0 Å². The smallest absolute Gasteiger partial charge is 0.268 e. The standard InChI is InChI=1S/C28H25ClN2O4S/c1-19-9-11-22(12-10-19)36(32,33)31-16-21(29)13-26(31)24-17-30(2)25-15-28(27(34-3)14-23(24)25)35-18-20-7-5-4-6-8-20/h4-17H,18H2,1-3H3. The number of methoxy groups -OCH3 is 1. The van der Waals surface area contributed by atoms with Crippen LogP contribution in [0.25, 0.3) is 22.2 Å². The fraction of sp³-hybridized carbons (Fsp3) is 0.143. The van der Waals surface area contributed by atoms with Crippen LogP contribution in [0.4, 0.5) is 0 Å². The Hall–Kier alpha value is -3.68. The third-order valence-corrected chi connectivity index (χ3v) is 8.01. The summed E-state index contributed by atoms with van der Waals surface area (Å²) in [5, 5.41) is 1.14. The highest BCUT2D eigenvalue weighted by atomic mass is 35.5. The molecule has 3 aromatic carbocycles. The van der Waals surface area contributed by atoms with E-state index in [0.29, 0.717) is 34.4 Å². The molecule has 0 aliphatic rings. The summed E-state index contributed by atoms with van der Waals surface area (Å²) in [4.78, 5) is 0.191. The summed E-state index contributed by atoms with van der Waals surface area (Å²) in [7, 11) is -0.380. The van der Waals surface area contributed by atoms with Crippen LogP contribution < -0.4 is 9.47 Å². The maximum absolute atomic E-state index is 13.5. The van der Waals surface area contributed by atoms with Gasteiger partial charge >= 0.3 is 0 Å². The lowest BCUT2D eigenvalue weighted by atomic mass is 10.1. The summed E-state index contributed by atoms with van der Waals surface area (Å²) in [6.07, 6.45) is 3.32. The Morgan fingerprint density at radius 3 is 2.33 bits per heavy atom. The average Bonchev–Trinajstić information content (AvgIpc) is 3.42. The molecular formula is C28H25ClN2O4S. The van der Waals surface area contributed by atoms with E-state index in [9.17, 15) is 8.42 Å². The van der Waals surface area contributed by atoms with Gasteiger partial charge in [-0.05, 0) is 36.8 Å². The van der Waals surface area contributed by atoms with Gasteiger partial charge in [0.05, 0.1) is 28.2 Å². The van der Waals surface area contributed by atoms with E-state index in [1.54, 1.807) is 37.4 Å². The highest BCUT2D eigenvalue weighted by Gasteiger charge is 2.24. The molecule has 5 aromatic rings. The summed E-state index contributed by atoms with van der Waals surface area (Å²) in [6.45, 7) is 2.31. The van der Waals surface area contributed by atoms with Gasteiger partial charge in [0.15, 0.2) is 11.5 Å². The van der Waals surface area contributed by atoms with E-state index in [1.807, 2.05) is 67.2 Å². The molecule has 0 aliphatic heterocycles. The molecule has 0 bridgehead atoms. The van der Waals surface area contributed by atoms with E-state index in [1.165, 1.54) is 10.2 Å². The van der Waals surface area contributed by atoms with Crippen molar-refractivity contribution in [2.75, 3.05) is 7.11 Å². The highest BCUT2D eigenvalue weighted by molar-refractivity contribution is 7.90. The van der Waals surface area contributed by atoms with E-state index in [4.69, 9.17) is 21.1 Å². The number of hydrogen-bond acceptors (Lipinski definition) is 4. The minimum absolute atomic E-state index is 0.191. The average molecular weight is 521 g/mol. The Morgan fingerprint density at radius 2 is 1.64 bits per heavy atom. The first-order chi connectivity index (χ1) is 17.3. The molecule has 2 heterocycles. The predicted molar refractivity (Wildman–Crippen MR) is 142 cm³/mol. The molecule has 184 valence electrons. The van der Waals surface area contributed by atoms with Gasteiger partial charge in [-0.2, -0.15) is 0 Å². The molecule has 0 radical (unpaired) electrons. The lowest BCUT2D eigenvalue weighted by Gasteiger charge is -2.13. The molecule has 0 N–H and O–H groups in total. The SMILES string of the molecule is COc1cc2c(-c3cc(Cl)cn3S(=O)(=O)c3ccc(C)cc3)cn(C)c2cc1OCc1ccccc1. The van der Waals surface area contributed by atoms with Gasteiger partial charge in [0.1, 0.15) is 6.61 Å². The summed E-state index contributed by atoms with van der Waals surface area (Å²) in [5.74, 6) is 1.15. The first kappa shape index (κ1) is 24.0. The fourth-order valence-electron chi connectivity index (χ4n) is 4.23. The zero-order valence-corrected chi connectivity index (χ0v) is 21.7. The lowest BCUT2D eigenvalue weighted by molar-refractivity contribution is 0.285. The number of nitrogens with zero attached hydrogens (tertiary/aromatic N) is 2. The van der Waals surface area contributed by atoms with Gasteiger partial charge in [0.2, 0.25) is 0 Å². The molecule has 8 heteroatoms. The lowest BCUT2D eigenvalue weighted by Crippen LogP contribution is -2.13. The predicted octanol–water partition coefficient (Wildman–Crippen LogP) is 6.43. The first-order valence-corrected chi connectivity index (χ1v) is 13.1. The van der Waals surface area contributed by atoms with Gasteiger partial charge in [0.25, 0.3) is 10.0 Å². The number of rotatable bonds is 7. The third-order valence-electron chi connectivity index (χ3n) is 6.12. The van der Waals surface area contributed by atoms with E-state index in [-0.39, 0.29) is 4.90 Å². The number of hydrogen-bond donors (Lipinski definition) is 0. The Labute approximate surface area is 215 Å². The van der Waals surface area contributed by atoms with Crippen molar-refractivity contribution in [1.82, 2.24) is 8.54 Å². The monoisotopic (exact) mass is 520 g/mol. The van der Waals surface area contributed by atoms with Crippen LogP contribution in [0.2, 0.25) is 5.02 Å². The van der Waals surface area contributed by atoms with Gasteiger partial charge in [-0.1, -0.05) is 59.6 Å². The van der Waals surface area contributed by atoms with E-state index in [0.717, 1.165) is 22.0 Å². The van der Waals surface area contributed by atoms with Crippen LogP contribution in [0.5, 0.6) is 11.5 Å². The Bertz CT molecular complexity index is 1650. The van der Waals surface area contributed by atoms with E-state index >= 15 is 0 Å². The number of aryl methyl sites for hydroxylation is 2. The van der Waals surface area contributed by atoms with Crippen LogP contribution in [0, 0.1) is 6.92 Å². The van der Waals surface area contributed by atoms with Crippen molar-refractivity contribution in [3.05, 3.63) is 101 Å². The molecule has 0 atom stereocenters. The first-order valence-electron chi connectivity index (χ1n) is 11.3. The topological polar surface area (TPSA) is 62.5 Å². The van der Waals surface area contributed by atoms with Gasteiger partial charge in [-0.3, -0.25) is 0 Å². The van der Waals surface area contributed by atoms with Crippen LogP contribution in [0.15, 0.2) is 90.1 Å². The zero-order chi connectivity index (χ0) is 25.4. The minimum Gasteiger partial charge on any atom is -0.493 e. The van der Waals surface area contributed by atoms with Crippen molar-refractivity contribution in [3.8, 4) is 22.8 Å². The summed E-state index contributed by atoms with van der Waals surface area (Å²) in [5.41, 5.74) is 4.06. The number of aromatic nitrogens is 2. The zero-order valence-electron chi connectivity index (χ0n) is 20.1. The highest BCUT2D eigenvalue weighted by Crippen LogP contribution is 2.40. The molecule has 36 heavy (non-hydrogen) atoms. The summed E-state index contributed by atoms with van der Waals surface area (Å²) in [6, 6.07) is 22.1. The Balaban J connectivity index is 1.61. The van der Waals surface area contributed by atoms with Crippen molar-refractivity contribution < 1.29 is 17.9 Å². The molecule has 0 spiro atoms. The van der Waals surface area contributed by atoms with Gasteiger partial charge < -0.3 is 14.0 Å². The number of fused-ring (bicyclic) bond motifs is 1. The second-order valence-electron chi connectivity index (χ2n) is 8.61. The molecule has 0 saturated carbocycles. The number of benzene rings is 3. The van der Waals surface area contributed by atoms with Crippen LogP contribution in [-0.2, 0) is 23.7 Å². The van der Waals surface area contributed by atoms with Crippen molar-refractivity contribution in [2.24, 2.45) is 7.05 Å². The van der Waals surface area contributed by atoms with Crippen LogP contribution in [0.1, 0.15) is 11.1 Å². The molecule has 0 saturated heterocycles. The second kappa shape index (κ2) is 9.41. The van der Waals surface area contributed by atoms with Crippen molar-refractivity contribution in [3.63, 3.8) is 0 Å². The van der Waals surface area contributed by atoms with Crippen LogP contribution in [0.3, 0.4) is 0 Å². The fourth-order valence-corrected chi connectivity index (χ4v) is 5.86. The van der Waals surface area contributed by atoms with Crippen molar-refractivity contribution >= 4 is 32.5 Å². The normalized spacial score (nSPS) is 11.7. The van der Waals surface area contributed by atoms with E-state index in [2.05, 4.69) is 0 Å². The second-order valence-corrected chi connectivity index (χ2v) is 10.9. The Kier molecular flexibility index (Phi) is 6.28. The van der Waals surface area contributed by atoms with Gasteiger partial charge in [-0.15, -0.1) is 0 Å². The van der Waals surface area contributed by atoms with Crippen LogP contribution >= 0.6 is 11.6 Å². The van der Waals surface area contributed by atoms with Gasteiger partial charge in [-0.25, -0.2) is 12.4 Å². The molecule has 2 aromatic heterocycles. The maximum Gasteiger partial charge on any atom is 0.268 e. The minimum atomic E-state index is -3.87. The van der Waals surface area contributed by atoms with Gasteiger partial charge in [0, 0.05) is 36.5 Å². The van der Waals surface area contributed by atoms with E-state index < -0.39 is 10.0 Å². The molecule has 0 amide bonds. The maximum atomic E-state index is 13.5. The largest absolute Gasteiger partial charge is 0.493 e. The molecule has 0 aliphatic carbocycles. The number of ether oxygens (including phenoxy) is 2. The third kappa shape index (κ3) is 4.36. The van der Waals surface area contributed by atoms with Crippen LogP contribution in [-0.4, -0.2) is 24.1 Å². The van der Waals surface area contributed by atoms with Crippen molar-refractivity contribution in [2.45, 2.75) is 18.4 Å². The number of halogens is 1. The molecule has 6 nitrogen and oxygen atoms in total. The summed E-state index contributed by atoms with van der Waals surface area (Å²) < 4.78 is 42.0.